The van der Waals surface area contributed by atoms with Crippen LogP contribution in [0.3, 0.4) is 0 Å². The Hall–Kier alpha value is -1.38. The van der Waals surface area contributed by atoms with E-state index in [2.05, 4.69) is 21.1 Å². The minimum Gasteiger partial charge on any atom is -0.340 e. The van der Waals surface area contributed by atoms with Gasteiger partial charge in [-0.1, -0.05) is 0 Å². The molecule has 2 aromatic heterocycles. The summed E-state index contributed by atoms with van der Waals surface area (Å²) in [5.74, 6) is 0.902. The normalized spacial score (nSPS) is 10.5. The van der Waals surface area contributed by atoms with Crippen LogP contribution < -0.4 is 0 Å². The van der Waals surface area contributed by atoms with Crippen LogP contribution in [0.5, 0.6) is 0 Å². The number of nitrogens with one attached hydrogen (secondary N) is 1. The van der Waals surface area contributed by atoms with E-state index in [9.17, 15) is 0 Å². The predicted molar refractivity (Wildman–Crippen MR) is 37.5 cm³/mol. The van der Waals surface area contributed by atoms with Crippen LogP contribution >= 0.6 is 0 Å². The second-order valence-electron chi connectivity index (χ2n) is 2.14. The summed E-state index contributed by atoms with van der Waals surface area (Å²) in [4.78, 5) is 11.0. The largest absolute Gasteiger partial charge is 0.340 e. The van der Waals surface area contributed by atoms with Gasteiger partial charge in [0.2, 0.25) is 0 Å². The zero-order valence-electron chi connectivity index (χ0n) is 5.55. The molecule has 10 heavy (non-hydrogen) atoms. The summed E-state index contributed by atoms with van der Waals surface area (Å²) in [6, 6.07) is 1.86. The van der Waals surface area contributed by atoms with Crippen LogP contribution in [0.2, 0.25) is 0 Å². The van der Waals surface area contributed by atoms with Crippen molar-refractivity contribution in [3.05, 3.63) is 24.3 Å². The van der Waals surface area contributed by atoms with E-state index in [1.165, 1.54) is 0 Å². The van der Waals surface area contributed by atoms with E-state index >= 15 is 0 Å². The summed E-state index contributed by atoms with van der Waals surface area (Å²) in [6.45, 7) is 1.91. The zero-order valence-corrected chi connectivity index (χ0v) is 5.55. The van der Waals surface area contributed by atoms with Gasteiger partial charge in [0.05, 0.1) is 11.0 Å². The van der Waals surface area contributed by atoms with Crippen LogP contribution in [-0.4, -0.2) is 15.0 Å². The predicted octanol–water partition coefficient (Wildman–Crippen LogP) is 1.07. The molecular formula is C7H6N3. The number of H-pyrrole nitrogens is 1. The lowest BCUT2D eigenvalue weighted by Crippen LogP contribution is -1.70. The first-order valence-electron chi connectivity index (χ1n) is 3.05. The van der Waals surface area contributed by atoms with Gasteiger partial charge in [-0.3, -0.25) is 4.98 Å². The molecule has 0 saturated heterocycles. The van der Waals surface area contributed by atoms with Gasteiger partial charge in [0.1, 0.15) is 12.0 Å². The average Bonchev–Trinajstić information content (AvgIpc) is 2.27. The monoisotopic (exact) mass is 132 g/mol. The highest BCUT2D eigenvalue weighted by molar-refractivity contribution is 5.72. The highest BCUT2D eigenvalue weighted by Crippen LogP contribution is 2.06. The molecule has 49 valence electrons. The van der Waals surface area contributed by atoms with Crippen molar-refractivity contribution in [3.63, 3.8) is 0 Å². The van der Waals surface area contributed by atoms with Crippen molar-refractivity contribution < 1.29 is 0 Å². The van der Waals surface area contributed by atoms with Gasteiger partial charge in [0.15, 0.2) is 0 Å². The number of aromatic nitrogens is 3. The summed E-state index contributed by atoms with van der Waals surface area (Å²) in [5, 5.41) is 0. The lowest BCUT2D eigenvalue weighted by molar-refractivity contribution is 1.17. The molecule has 2 rings (SSSR count). The summed E-state index contributed by atoms with van der Waals surface area (Å²) >= 11 is 0. The highest BCUT2D eigenvalue weighted by Gasteiger charge is 1.95. The summed E-state index contributed by atoms with van der Waals surface area (Å²) in [5.41, 5.74) is 1.80. The van der Waals surface area contributed by atoms with Crippen molar-refractivity contribution >= 4 is 11.0 Å². The molecule has 0 saturated carbocycles. The average molecular weight is 132 g/mol. The molecular weight excluding hydrogens is 126 g/mol. The van der Waals surface area contributed by atoms with Crippen molar-refractivity contribution in [2.75, 3.05) is 0 Å². The standard InChI is InChI=1S/C7H6N3/c1-5-9-6-2-3-8-4-7(6)10-5/h2-3H,1H3,(H,9,10). The van der Waals surface area contributed by atoms with Crippen molar-refractivity contribution in [2.24, 2.45) is 0 Å². The molecule has 1 radical (unpaired) electrons. The van der Waals surface area contributed by atoms with Crippen LogP contribution in [0.15, 0.2) is 12.3 Å². The van der Waals surface area contributed by atoms with Gasteiger partial charge in [0.25, 0.3) is 0 Å². The number of hydrogen-bond donors (Lipinski definition) is 1. The Kier molecular flexibility index (Phi) is 0.974. The number of nitrogens with zero attached hydrogens (tertiary/aromatic N) is 2. The first-order valence-corrected chi connectivity index (χ1v) is 3.05. The number of aryl methyl sites for hydroxylation is 1. The van der Waals surface area contributed by atoms with E-state index in [0.717, 1.165) is 16.9 Å². The van der Waals surface area contributed by atoms with Gasteiger partial charge < -0.3 is 4.98 Å². The molecule has 0 aliphatic carbocycles. The fourth-order valence-corrected chi connectivity index (χ4v) is 0.925. The molecule has 3 nitrogen and oxygen atoms in total. The summed E-state index contributed by atoms with van der Waals surface area (Å²) < 4.78 is 0. The van der Waals surface area contributed by atoms with E-state index in [1.807, 2.05) is 13.0 Å². The van der Waals surface area contributed by atoms with E-state index in [0.29, 0.717) is 0 Å². The van der Waals surface area contributed by atoms with Crippen molar-refractivity contribution in [1.29, 1.82) is 0 Å². The van der Waals surface area contributed by atoms with Crippen LogP contribution in [0.4, 0.5) is 0 Å². The number of fused-ring (bicyclic) bond motifs is 1. The van der Waals surface area contributed by atoms with Gasteiger partial charge in [0, 0.05) is 6.20 Å². The summed E-state index contributed by atoms with van der Waals surface area (Å²) in [7, 11) is 0. The fraction of sp³-hybridized carbons (Fsp3) is 0.143. The Balaban J connectivity index is 2.88. The molecule has 0 fully saturated rings. The smallest absolute Gasteiger partial charge is 0.117 e. The molecule has 0 amide bonds. The number of aromatic amines is 1. The lowest BCUT2D eigenvalue weighted by atomic mass is 10.4. The van der Waals surface area contributed by atoms with Crippen LogP contribution in [-0.2, 0) is 0 Å². The Labute approximate surface area is 58.1 Å². The maximum atomic E-state index is 4.19. The van der Waals surface area contributed by atoms with Crippen LogP contribution in [0, 0.1) is 13.1 Å². The van der Waals surface area contributed by atoms with Gasteiger partial charge >= 0.3 is 0 Å². The summed E-state index contributed by atoms with van der Waals surface area (Å²) in [6.07, 6.45) is 4.49. The molecule has 0 unspecified atom stereocenters. The third-order valence-corrected chi connectivity index (χ3v) is 1.33. The SMILES string of the molecule is Cc1nc2ccn[c]c2[nH]1. The zero-order chi connectivity index (χ0) is 6.97. The molecule has 3 heteroatoms. The van der Waals surface area contributed by atoms with Crippen molar-refractivity contribution in [2.45, 2.75) is 6.92 Å². The number of imidazole rings is 1. The first-order chi connectivity index (χ1) is 4.86. The van der Waals surface area contributed by atoms with Crippen molar-refractivity contribution in [1.82, 2.24) is 15.0 Å². The highest BCUT2D eigenvalue weighted by atomic mass is 14.9. The minimum atomic E-state index is 0.875. The van der Waals surface area contributed by atoms with Crippen molar-refractivity contribution in [3.8, 4) is 0 Å². The third kappa shape index (κ3) is 0.673. The van der Waals surface area contributed by atoms with E-state index < -0.39 is 0 Å². The van der Waals surface area contributed by atoms with E-state index in [-0.39, 0.29) is 0 Å². The first kappa shape index (κ1) is 5.41. The van der Waals surface area contributed by atoms with Gasteiger partial charge in [-0.2, -0.15) is 0 Å². The molecule has 0 aliphatic rings. The Bertz CT molecular complexity index is 317. The van der Waals surface area contributed by atoms with Gasteiger partial charge in [-0.25, -0.2) is 4.98 Å². The fourth-order valence-electron chi connectivity index (χ4n) is 0.925. The molecule has 0 bridgehead atoms. The van der Waals surface area contributed by atoms with E-state index in [4.69, 9.17) is 0 Å². The Morgan fingerprint density at radius 1 is 1.60 bits per heavy atom. The number of rotatable bonds is 0. The maximum absolute atomic E-state index is 4.19. The second kappa shape index (κ2) is 1.80. The third-order valence-electron chi connectivity index (χ3n) is 1.33. The van der Waals surface area contributed by atoms with E-state index in [1.54, 1.807) is 6.20 Å². The molecule has 2 aromatic rings. The molecule has 1 N–H and O–H groups in total. The topological polar surface area (TPSA) is 41.6 Å². The molecule has 0 spiro atoms. The van der Waals surface area contributed by atoms with Gasteiger partial charge in [-0.05, 0) is 13.0 Å². The molecule has 0 aromatic carbocycles. The Morgan fingerprint density at radius 3 is 3.30 bits per heavy atom. The molecule has 0 aliphatic heterocycles. The second-order valence-corrected chi connectivity index (χ2v) is 2.14. The number of hydrogen-bond acceptors (Lipinski definition) is 2. The minimum absolute atomic E-state index is 0.875. The van der Waals surface area contributed by atoms with Crippen LogP contribution in [0.1, 0.15) is 5.82 Å². The molecule has 2 heterocycles. The maximum Gasteiger partial charge on any atom is 0.117 e. The molecule has 0 atom stereocenters. The Morgan fingerprint density at radius 2 is 2.50 bits per heavy atom. The van der Waals surface area contributed by atoms with Gasteiger partial charge in [-0.15, -0.1) is 0 Å². The lowest BCUT2D eigenvalue weighted by Gasteiger charge is -1.79. The quantitative estimate of drug-likeness (QED) is 0.582. The number of pyridine rings is 1. The van der Waals surface area contributed by atoms with Crippen LogP contribution in [0.25, 0.3) is 11.0 Å².